The van der Waals surface area contributed by atoms with Gasteiger partial charge in [0.2, 0.25) is 0 Å². The first-order chi connectivity index (χ1) is 9.97. The van der Waals surface area contributed by atoms with E-state index in [-0.39, 0.29) is 11.6 Å². The van der Waals surface area contributed by atoms with Crippen molar-refractivity contribution in [1.82, 2.24) is 15.5 Å². The molecule has 0 saturated carbocycles. The molecule has 110 valence electrons. The van der Waals surface area contributed by atoms with E-state index in [1.54, 1.807) is 31.5 Å². The van der Waals surface area contributed by atoms with Crippen LogP contribution in [0, 0.1) is 6.92 Å². The van der Waals surface area contributed by atoms with Gasteiger partial charge in [0.05, 0.1) is 17.8 Å². The molecule has 0 aliphatic rings. The Labute approximate surface area is 121 Å². The molecule has 4 N–H and O–H groups in total. The lowest BCUT2D eigenvalue weighted by Gasteiger charge is -2.13. The number of anilines is 1. The molecule has 21 heavy (non-hydrogen) atoms. The maximum Gasteiger partial charge on any atom is 0.336 e. The summed E-state index contributed by atoms with van der Waals surface area (Å²) < 4.78 is 0. The smallest absolute Gasteiger partial charge is 0.336 e. The molecule has 1 unspecified atom stereocenters. The van der Waals surface area contributed by atoms with Crippen molar-refractivity contribution < 1.29 is 14.7 Å². The molecule has 0 radical (unpaired) electrons. The van der Waals surface area contributed by atoms with E-state index in [4.69, 9.17) is 5.11 Å². The minimum atomic E-state index is -1.02. The molecule has 7 nitrogen and oxygen atoms in total. The van der Waals surface area contributed by atoms with Gasteiger partial charge in [0.15, 0.2) is 0 Å². The number of hydrogen-bond donors (Lipinski definition) is 4. The van der Waals surface area contributed by atoms with Crippen molar-refractivity contribution in [3.8, 4) is 0 Å². The molecule has 1 atom stereocenters. The zero-order valence-corrected chi connectivity index (χ0v) is 11.7. The number of aryl methyl sites for hydroxylation is 1. The predicted molar refractivity (Wildman–Crippen MR) is 77.3 cm³/mol. The standard InChI is InChI=1S/C14H16N4O3/c1-8-3-4-11(5-12(8)13(19)20)18-14(21)17-9(2)10-6-15-16-7-10/h3-7,9H,1-2H3,(H,15,16)(H,19,20)(H2,17,18,21). The van der Waals surface area contributed by atoms with Gasteiger partial charge in [0.25, 0.3) is 0 Å². The second-order valence-corrected chi connectivity index (χ2v) is 4.69. The molecule has 1 aromatic carbocycles. The van der Waals surface area contributed by atoms with Gasteiger partial charge in [-0.05, 0) is 31.5 Å². The van der Waals surface area contributed by atoms with E-state index in [1.807, 2.05) is 6.92 Å². The van der Waals surface area contributed by atoms with Crippen molar-refractivity contribution in [3.63, 3.8) is 0 Å². The van der Waals surface area contributed by atoms with Gasteiger partial charge in [-0.2, -0.15) is 5.10 Å². The van der Waals surface area contributed by atoms with Gasteiger partial charge in [0, 0.05) is 17.4 Å². The molecular formula is C14H16N4O3. The highest BCUT2D eigenvalue weighted by atomic mass is 16.4. The third-order valence-electron chi connectivity index (χ3n) is 3.09. The second kappa shape index (κ2) is 6.08. The Kier molecular flexibility index (Phi) is 4.22. The number of aromatic carboxylic acids is 1. The van der Waals surface area contributed by atoms with Crippen molar-refractivity contribution >= 4 is 17.7 Å². The average molecular weight is 288 g/mol. The normalized spacial score (nSPS) is 11.7. The van der Waals surface area contributed by atoms with Gasteiger partial charge in [-0.1, -0.05) is 6.07 Å². The van der Waals surface area contributed by atoms with E-state index in [1.165, 1.54) is 6.07 Å². The fourth-order valence-corrected chi connectivity index (χ4v) is 1.87. The molecule has 2 rings (SSSR count). The molecular weight excluding hydrogens is 272 g/mol. The highest BCUT2D eigenvalue weighted by Gasteiger charge is 2.12. The van der Waals surface area contributed by atoms with Gasteiger partial charge in [-0.25, -0.2) is 9.59 Å². The van der Waals surface area contributed by atoms with Gasteiger partial charge in [0.1, 0.15) is 0 Å². The molecule has 1 aromatic heterocycles. The molecule has 2 aromatic rings. The van der Waals surface area contributed by atoms with Crippen LogP contribution in [0.2, 0.25) is 0 Å². The van der Waals surface area contributed by atoms with E-state index in [0.29, 0.717) is 11.3 Å². The van der Waals surface area contributed by atoms with Crippen molar-refractivity contribution in [2.45, 2.75) is 19.9 Å². The summed E-state index contributed by atoms with van der Waals surface area (Å²) in [7, 11) is 0. The summed E-state index contributed by atoms with van der Waals surface area (Å²) in [6.07, 6.45) is 3.32. The van der Waals surface area contributed by atoms with Gasteiger partial charge < -0.3 is 15.7 Å². The third kappa shape index (κ3) is 3.59. The fourth-order valence-electron chi connectivity index (χ4n) is 1.87. The molecule has 0 bridgehead atoms. The highest BCUT2D eigenvalue weighted by Crippen LogP contribution is 2.16. The number of amides is 2. The van der Waals surface area contributed by atoms with Gasteiger partial charge >= 0.3 is 12.0 Å². The summed E-state index contributed by atoms with van der Waals surface area (Å²) >= 11 is 0. The number of hydrogen-bond acceptors (Lipinski definition) is 3. The predicted octanol–water partition coefficient (Wildman–Crippen LogP) is 2.30. The number of carboxylic acid groups (broad SMARTS) is 1. The number of benzene rings is 1. The molecule has 2 amide bonds. The molecule has 0 saturated heterocycles. The lowest BCUT2D eigenvalue weighted by atomic mass is 10.1. The highest BCUT2D eigenvalue weighted by molar-refractivity contribution is 5.94. The van der Waals surface area contributed by atoms with Crippen LogP contribution in [0.3, 0.4) is 0 Å². The lowest BCUT2D eigenvalue weighted by Crippen LogP contribution is -2.31. The van der Waals surface area contributed by atoms with Crippen molar-refractivity contribution in [2.75, 3.05) is 5.32 Å². The molecule has 0 aliphatic carbocycles. The van der Waals surface area contributed by atoms with Crippen LogP contribution < -0.4 is 10.6 Å². The zero-order chi connectivity index (χ0) is 15.4. The lowest BCUT2D eigenvalue weighted by molar-refractivity contribution is 0.0696. The quantitative estimate of drug-likeness (QED) is 0.692. The van der Waals surface area contributed by atoms with E-state index in [2.05, 4.69) is 20.8 Å². The minimum Gasteiger partial charge on any atom is -0.478 e. The Morgan fingerprint density at radius 1 is 1.38 bits per heavy atom. The number of nitrogens with zero attached hydrogens (tertiary/aromatic N) is 1. The maximum atomic E-state index is 11.9. The van der Waals surface area contributed by atoms with E-state index in [0.717, 1.165) is 5.56 Å². The van der Waals surface area contributed by atoms with Crippen LogP contribution in [0.1, 0.15) is 34.5 Å². The molecule has 7 heteroatoms. The number of carbonyl (C=O) groups excluding carboxylic acids is 1. The van der Waals surface area contributed by atoms with Gasteiger partial charge in [-0.3, -0.25) is 5.10 Å². The Bertz CT molecular complexity index is 652. The number of urea groups is 1. The summed E-state index contributed by atoms with van der Waals surface area (Å²) in [6.45, 7) is 3.52. The summed E-state index contributed by atoms with van der Waals surface area (Å²) in [6, 6.07) is 4.11. The summed E-state index contributed by atoms with van der Waals surface area (Å²) in [5.74, 6) is -1.02. The summed E-state index contributed by atoms with van der Waals surface area (Å²) in [5, 5.41) is 20.9. The first-order valence-electron chi connectivity index (χ1n) is 6.37. The van der Waals surface area contributed by atoms with Crippen LogP contribution in [-0.4, -0.2) is 27.3 Å². The average Bonchev–Trinajstić information content (AvgIpc) is 2.94. The molecule has 1 heterocycles. The summed E-state index contributed by atoms with van der Waals surface area (Å²) in [4.78, 5) is 22.9. The second-order valence-electron chi connectivity index (χ2n) is 4.69. The van der Waals surface area contributed by atoms with E-state index in [9.17, 15) is 9.59 Å². The monoisotopic (exact) mass is 288 g/mol. The zero-order valence-electron chi connectivity index (χ0n) is 11.7. The Balaban J connectivity index is 2.03. The Morgan fingerprint density at radius 3 is 2.76 bits per heavy atom. The van der Waals surface area contributed by atoms with Crippen LogP contribution in [0.5, 0.6) is 0 Å². The number of rotatable bonds is 4. The number of carboxylic acids is 1. The molecule has 0 fully saturated rings. The minimum absolute atomic E-state index is 0.163. The SMILES string of the molecule is Cc1ccc(NC(=O)NC(C)c2cn[nH]c2)cc1C(=O)O. The topological polar surface area (TPSA) is 107 Å². The van der Waals surface area contributed by atoms with Gasteiger partial charge in [-0.15, -0.1) is 0 Å². The van der Waals surface area contributed by atoms with Crippen LogP contribution in [0.4, 0.5) is 10.5 Å². The van der Waals surface area contributed by atoms with E-state index >= 15 is 0 Å². The number of nitrogens with one attached hydrogen (secondary N) is 3. The van der Waals surface area contributed by atoms with Crippen LogP contribution in [0.25, 0.3) is 0 Å². The summed E-state index contributed by atoms with van der Waals surface area (Å²) in [5.41, 5.74) is 2.08. The Morgan fingerprint density at radius 2 is 2.14 bits per heavy atom. The van der Waals surface area contributed by atoms with Crippen LogP contribution in [-0.2, 0) is 0 Å². The van der Waals surface area contributed by atoms with Crippen LogP contribution >= 0.6 is 0 Å². The molecule has 0 aliphatic heterocycles. The Hall–Kier alpha value is -2.83. The van der Waals surface area contributed by atoms with Crippen molar-refractivity contribution in [3.05, 3.63) is 47.3 Å². The van der Waals surface area contributed by atoms with Crippen molar-refractivity contribution in [2.24, 2.45) is 0 Å². The molecule has 0 spiro atoms. The number of H-pyrrole nitrogens is 1. The van der Waals surface area contributed by atoms with Crippen LogP contribution in [0.15, 0.2) is 30.6 Å². The maximum absolute atomic E-state index is 11.9. The largest absolute Gasteiger partial charge is 0.478 e. The number of aromatic nitrogens is 2. The third-order valence-corrected chi connectivity index (χ3v) is 3.09. The fraction of sp³-hybridized carbons (Fsp3) is 0.214. The first kappa shape index (κ1) is 14.6. The number of aromatic amines is 1. The van der Waals surface area contributed by atoms with E-state index < -0.39 is 12.0 Å². The van der Waals surface area contributed by atoms with Crippen molar-refractivity contribution in [1.29, 1.82) is 0 Å². The number of carbonyl (C=O) groups is 2. The first-order valence-corrected chi connectivity index (χ1v) is 6.37.